The molecule has 1 aromatic rings. The number of nitrogens with two attached hydrogens (primary N) is 1. The van der Waals surface area contributed by atoms with Crippen molar-refractivity contribution in [2.45, 2.75) is 12.8 Å². The van der Waals surface area contributed by atoms with E-state index in [4.69, 9.17) is 50.0 Å². The zero-order valence-corrected chi connectivity index (χ0v) is 14.9. The van der Waals surface area contributed by atoms with E-state index < -0.39 is 11.9 Å². The summed E-state index contributed by atoms with van der Waals surface area (Å²) >= 11 is 17.9. The van der Waals surface area contributed by atoms with Crippen molar-refractivity contribution in [3.63, 3.8) is 0 Å². The lowest BCUT2D eigenvalue weighted by Crippen LogP contribution is -2.26. The minimum absolute atomic E-state index is 0.0744. The summed E-state index contributed by atoms with van der Waals surface area (Å²) in [5.74, 6) is -1.51. The van der Waals surface area contributed by atoms with E-state index in [0.717, 1.165) is 0 Å². The molecule has 1 aromatic carbocycles. The van der Waals surface area contributed by atoms with Crippen LogP contribution < -0.4 is 5.73 Å². The molecular weight excluding hydrogens is 375 g/mol. The number of esters is 1. The third-order valence-electron chi connectivity index (χ3n) is 3.39. The Labute approximate surface area is 154 Å². The predicted molar refractivity (Wildman–Crippen MR) is 91.5 cm³/mol. The van der Waals surface area contributed by atoms with Crippen molar-refractivity contribution in [2.75, 3.05) is 12.5 Å². The molecular formula is C16H13Cl3N2O3. The summed E-state index contributed by atoms with van der Waals surface area (Å²) in [5.41, 5.74) is 6.57. The quantitative estimate of drug-likeness (QED) is 0.626. The van der Waals surface area contributed by atoms with Crippen LogP contribution in [0, 0.1) is 11.3 Å². The minimum atomic E-state index is -0.800. The molecule has 0 spiro atoms. The molecule has 1 aliphatic rings. The van der Waals surface area contributed by atoms with Gasteiger partial charge in [-0.05, 0) is 24.6 Å². The van der Waals surface area contributed by atoms with Crippen molar-refractivity contribution >= 4 is 40.8 Å². The van der Waals surface area contributed by atoms with Gasteiger partial charge in [-0.3, -0.25) is 0 Å². The topological polar surface area (TPSA) is 85.3 Å². The van der Waals surface area contributed by atoms with Crippen LogP contribution in [0.2, 0.25) is 10.0 Å². The van der Waals surface area contributed by atoms with Gasteiger partial charge in [0.2, 0.25) is 5.88 Å². The highest BCUT2D eigenvalue weighted by atomic mass is 35.5. The van der Waals surface area contributed by atoms with Gasteiger partial charge >= 0.3 is 5.97 Å². The average Bonchev–Trinajstić information content (AvgIpc) is 2.56. The minimum Gasteiger partial charge on any atom is -0.463 e. The molecule has 0 aromatic heterocycles. The molecule has 1 heterocycles. The number of rotatable bonds is 4. The summed E-state index contributed by atoms with van der Waals surface area (Å²) in [6, 6.07) is 6.77. The van der Waals surface area contributed by atoms with E-state index in [0.29, 0.717) is 10.6 Å². The number of nitriles is 1. The highest BCUT2D eigenvalue weighted by Gasteiger charge is 2.37. The van der Waals surface area contributed by atoms with Gasteiger partial charge in [0.15, 0.2) is 0 Å². The Hall–Kier alpha value is -1.87. The van der Waals surface area contributed by atoms with Crippen LogP contribution in [0.3, 0.4) is 0 Å². The molecule has 8 heteroatoms. The molecule has 0 amide bonds. The van der Waals surface area contributed by atoms with Crippen LogP contribution in [-0.4, -0.2) is 18.5 Å². The third kappa shape index (κ3) is 3.46. The first-order valence-electron chi connectivity index (χ1n) is 6.93. The van der Waals surface area contributed by atoms with Gasteiger partial charge in [-0.15, -0.1) is 11.6 Å². The Morgan fingerprint density at radius 3 is 2.67 bits per heavy atom. The molecule has 0 aliphatic carbocycles. The van der Waals surface area contributed by atoms with E-state index in [9.17, 15) is 10.1 Å². The number of allylic oxidation sites excluding steroid dienone is 2. The molecule has 0 saturated heterocycles. The van der Waals surface area contributed by atoms with Crippen LogP contribution in [0.25, 0.3) is 0 Å². The number of hydrogen-bond donors (Lipinski definition) is 1. The molecule has 0 radical (unpaired) electrons. The summed E-state index contributed by atoms with van der Waals surface area (Å²) < 4.78 is 10.4. The van der Waals surface area contributed by atoms with E-state index in [1.165, 1.54) is 0 Å². The number of carbonyl (C=O) groups excluding carboxylic acids is 1. The van der Waals surface area contributed by atoms with Crippen LogP contribution in [-0.2, 0) is 14.3 Å². The standard InChI is InChI=1S/C16H13Cl3N2O3/c1-2-23-16(22)14-12(6-17)24-15(21)9(7-20)13(14)8-3-4-10(18)11(19)5-8/h3-5,13H,2,6,21H2,1H3/t13-/m0/s1. The molecule has 1 atom stereocenters. The Bertz CT molecular complexity index is 781. The fraction of sp³-hybridized carbons (Fsp3) is 0.250. The summed E-state index contributed by atoms with van der Waals surface area (Å²) in [7, 11) is 0. The molecule has 126 valence electrons. The molecule has 1 aliphatic heterocycles. The van der Waals surface area contributed by atoms with Crippen molar-refractivity contribution in [1.29, 1.82) is 5.26 Å². The van der Waals surface area contributed by atoms with Crippen molar-refractivity contribution in [3.8, 4) is 6.07 Å². The summed E-state index contributed by atoms with van der Waals surface area (Å²) in [6.45, 7) is 1.83. The second-order valence-electron chi connectivity index (χ2n) is 4.79. The summed E-state index contributed by atoms with van der Waals surface area (Å²) in [6.07, 6.45) is 0. The van der Waals surface area contributed by atoms with Crippen molar-refractivity contribution in [1.82, 2.24) is 0 Å². The highest BCUT2D eigenvalue weighted by molar-refractivity contribution is 6.42. The first-order valence-corrected chi connectivity index (χ1v) is 8.22. The smallest absolute Gasteiger partial charge is 0.338 e. The summed E-state index contributed by atoms with van der Waals surface area (Å²) in [4.78, 5) is 12.4. The van der Waals surface area contributed by atoms with E-state index in [-0.39, 0.29) is 40.3 Å². The lowest BCUT2D eigenvalue weighted by Gasteiger charge is -2.27. The van der Waals surface area contributed by atoms with Gasteiger partial charge in [0.05, 0.1) is 34.0 Å². The number of halogens is 3. The van der Waals surface area contributed by atoms with Crippen LogP contribution in [0.4, 0.5) is 0 Å². The molecule has 0 bridgehead atoms. The molecule has 24 heavy (non-hydrogen) atoms. The number of benzene rings is 1. The highest BCUT2D eigenvalue weighted by Crippen LogP contribution is 2.41. The second kappa shape index (κ2) is 7.80. The van der Waals surface area contributed by atoms with Gasteiger partial charge in [-0.1, -0.05) is 29.3 Å². The molecule has 2 N–H and O–H groups in total. The lowest BCUT2D eigenvalue weighted by atomic mass is 9.83. The number of hydrogen-bond acceptors (Lipinski definition) is 5. The first kappa shape index (κ1) is 18.5. The Kier molecular flexibility index (Phi) is 6.00. The van der Waals surface area contributed by atoms with Gasteiger partial charge in [0.25, 0.3) is 0 Å². The monoisotopic (exact) mass is 386 g/mol. The van der Waals surface area contributed by atoms with Crippen molar-refractivity contribution < 1.29 is 14.3 Å². The zero-order valence-electron chi connectivity index (χ0n) is 12.6. The van der Waals surface area contributed by atoms with Crippen LogP contribution >= 0.6 is 34.8 Å². The molecule has 0 saturated carbocycles. The molecule has 2 rings (SSSR count). The zero-order chi connectivity index (χ0) is 17.9. The summed E-state index contributed by atoms with van der Waals surface area (Å²) in [5, 5.41) is 10.1. The SMILES string of the molecule is CCOC(=O)C1=C(CCl)OC(N)=C(C#N)[C@@H]1c1ccc(Cl)c(Cl)c1. The van der Waals surface area contributed by atoms with Crippen LogP contribution in [0.15, 0.2) is 41.0 Å². The first-order chi connectivity index (χ1) is 11.4. The number of nitrogens with zero attached hydrogens (tertiary/aromatic N) is 1. The van der Waals surface area contributed by atoms with Gasteiger partial charge in [0, 0.05) is 0 Å². The number of ether oxygens (including phenoxy) is 2. The van der Waals surface area contributed by atoms with Crippen molar-refractivity contribution in [3.05, 3.63) is 56.6 Å². The second-order valence-corrected chi connectivity index (χ2v) is 5.87. The molecule has 5 nitrogen and oxygen atoms in total. The van der Waals surface area contributed by atoms with Crippen LogP contribution in [0.1, 0.15) is 18.4 Å². The van der Waals surface area contributed by atoms with E-state index in [1.807, 2.05) is 6.07 Å². The van der Waals surface area contributed by atoms with Crippen molar-refractivity contribution in [2.24, 2.45) is 5.73 Å². The maximum atomic E-state index is 12.4. The fourth-order valence-corrected chi connectivity index (χ4v) is 2.88. The van der Waals surface area contributed by atoms with Gasteiger partial charge < -0.3 is 15.2 Å². The van der Waals surface area contributed by atoms with Crippen LogP contribution in [0.5, 0.6) is 0 Å². The fourth-order valence-electron chi connectivity index (χ4n) is 2.37. The Balaban J connectivity index is 2.68. The van der Waals surface area contributed by atoms with Gasteiger partial charge in [0.1, 0.15) is 17.4 Å². The maximum absolute atomic E-state index is 12.4. The van der Waals surface area contributed by atoms with E-state index in [2.05, 4.69) is 0 Å². The predicted octanol–water partition coefficient (Wildman–Crippen LogP) is 3.86. The van der Waals surface area contributed by atoms with Gasteiger partial charge in [-0.25, -0.2) is 4.79 Å². The lowest BCUT2D eigenvalue weighted by molar-refractivity contribution is -0.139. The molecule has 0 unspecified atom stereocenters. The van der Waals surface area contributed by atoms with E-state index in [1.54, 1.807) is 25.1 Å². The van der Waals surface area contributed by atoms with E-state index >= 15 is 0 Å². The molecule has 0 fully saturated rings. The number of carbonyl (C=O) groups is 1. The Morgan fingerprint density at radius 1 is 1.42 bits per heavy atom. The van der Waals surface area contributed by atoms with Gasteiger partial charge in [-0.2, -0.15) is 5.26 Å². The normalized spacial score (nSPS) is 17.4. The largest absolute Gasteiger partial charge is 0.463 e. The Morgan fingerprint density at radius 2 is 2.12 bits per heavy atom. The maximum Gasteiger partial charge on any atom is 0.338 e. The third-order valence-corrected chi connectivity index (χ3v) is 4.37. The average molecular weight is 388 g/mol. The number of alkyl halides is 1.